The van der Waals surface area contributed by atoms with Crippen LogP contribution in [0.25, 0.3) is 5.65 Å². The van der Waals surface area contributed by atoms with Crippen LogP contribution in [-0.4, -0.2) is 25.1 Å². The van der Waals surface area contributed by atoms with E-state index in [1.807, 2.05) is 57.9 Å². The summed E-state index contributed by atoms with van der Waals surface area (Å²) in [4.78, 5) is 12.6. The van der Waals surface area contributed by atoms with Gasteiger partial charge in [-0.15, -0.1) is 10.2 Å². The molecule has 0 saturated heterocycles. The second-order valence-electron chi connectivity index (χ2n) is 6.04. The summed E-state index contributed by atoms with van der Waals surface area (Å²) in [6.07, 6.45) is 6.55. The van der Waals surface area contributed by atoms with E-state index >= 15 is 0 Å². The summed E-state index contributed by atoms with van der Waals surface area (Å²) < 4.78 is 3.84. The van der Waals surface area contributed by atoms with Gasteiger partial charge in [0.1, 0.15) is 6.04 Å². The Labute approximate surface area is 135 Å². The van der Waals surface area contributed by atoms with Crippen molar-refractivity contribution in [3.05, 3.63) is 54.7 Å². The molecule has 0 bridgehead atoms. The topological polar surface area (TPSA) is 64.2 Å². The molecule has 6 heteroatoms. The van der Waals surface area contributed by atoms with Crippen LogP contribution in [0, 0.1) is 5.92 Å². The molecule has 0 saturated carbocycles. The Hall–Kier alpha value is -2.63. The minimum absolute atomic E-state index is 0.00239. The highest BCUT2D eigenvalue weighted by Gasteiger charge is 2.21. The highest BCUT2D eigenvalue weighted by molar-refractivity contribution is 5.80. The second-order valence-corrected chi connectivity index (χ2v) is 6.04. The molecule has 1 N–H and O–H groups in total. The van der Waals surface area contributed by atoms with Crippen LogP contribution in [0.5, 0.6) is 0 Å². The number of fused-ring (bicyclic) bond motifs is 1. The number of aromatic nitrogens is 4. The van der Waals surface area contributed by atoms with E-state index in [9.17, 15) is 4.79 Å². The number of nitrogens with zero attached hydrogens (tertiary/aromatic N) is 4. The molecule has 0 aliphatic heterocycles. The molecule has 0 aliphatic carbocycles. The van der Waals surface area contributed by atoms with E-state index in [0.717, 1.165) is 17.9 Å². The lowest BCUT2D eigenvalue weighted by Gasteiger charge is -2.20. The van der Waals surface area contributed by atoms with Crippen LogP contribution < -0.4 is 5.32 Å². The van der Waals surface area contributed by atoms with Crippen molar-refractivity contribution >= 4 is 11.6 Å². The van der Waals surface area contributed by atoms with Crippen molar-refractivity contribution in [3.63, 3.8) is 0 Å². The van der Waals surface area contributed by atoms with E-state index in [-0.39, 0.29) is 11.9 Å². The molecule has 1 amide bonds. The zero-order valence-corrected chi connectivity index (χ0v) is 13.4. The van der Waals surface area contributed by atoms with Gasteiger partial charge in [-0.25, -0.2) is 0 Å². The molecule has 3 aromatic rings. The number of nitrogens with one attached hydrogen (secondary N) is 1. The summed E-state index contributed by atoms with van der Waals surface area (Å²) in [6, 6.07) is 9.39. The normalized spacial score (nSPS) is 12.7. The van der Waals surface area contributed by atoms with E-state index in [1.54, 1.807) is 0 Å². The Kier molecular flexibility index (Phi) is 4.41. The largest absolute Gasteiger partial charge is 0.347 e. The third-order valence-corrected chi connectivity index (χ3v) is 3.79. The first-order valence-electron chi connectivity index (χ1n) is 7.84. The zero-order valence-electron chi connectivity index (χ0n) is 13.4. The summed E-state index contributed by atoms with van der Waals surface area (Å²) in [5.41, 5.74) is 0.779. The Morgan fingerprint density at radius 1 is 1.13 bits per heavy atom. The maximum atomic E-state index is 12.6. The van der Waals surface area contributed by atoms with E-state index in [2.05, 4.69) is 29.4 Å². The second kappa shape index (κ2) is 6.64. The fourth-order valence-corrected chi connectivity index (χ4v) is 2.66. The fraction of sp³-hybridized carbons (Fsp3) is 0.353. The molecular weight excluding hydrogens is 290 g/mol. The molecule has 1 atom stereocenters. The summed E-state index contributed by atoms with van der Waals surface area (Å²) in [5.74, 6) is 1.16. The highest BCUT2D eigenvalue weighted by atomic mass is 16.2. The van der Waals surface area contributed by atoms with Gasteiger partial charge in [0.05, 0.1) is 6.54 Å². The summed E-state index contributed by atoms with van der Waals surface area (Å²) in [6.45, 7) is 4.60. The van der Waals surface area contributed by atoms with Crippen LogP contribution in [0.3, 0.4) is 0 Å². The zero-order chi connectivity index (χ0) is 16.2. The van der Waals surface area contributed by atoms with E-state index in [0.29, 0.717) is 12.5 Å². The van der Waals surface area contributed by atoms with Gasteiger partial charge in [-0.1, -0.05) is 19.9 Å². The predicted molar refractivity (Wildman–Crippen MR) is 87.8 cm³/mol. The molecule has 0 aromatic carbocycles. The smallest absolute Gasteiger partial charge is 0.243 e. The average molecular weight is 311 g/mol. The Balaban J connectivity index is 1.72. The minimum Gasteiger partial charge on any atom is -0.347 e. The molecule has 0 aliphatic rings. The minimum atomic E-state index is -0.204. The van der Waals surface area contributed by atoms with E-state index in [4.69, 9.17) is 0 Å². The third kappa shape index (κ3) is 3.41. The first kappa shape index (κ1) is 15.3. The monoisotopic (exact) mass is 311 g/mol. The number of pyridine rings is 1. The van der Waals surface area contributed by atoms with E-state index < -0.39 is 0 Å². The van der Waals surface area contributed by atoms with Crippen molar-refractivity contribution in [1.29, 1.82) is 0 Å². The number of hydrogen-bond acceptors (Lipinski definition) is 3. The van der Waals surface area contributed by atoms with Crippen LogP contribution in [0.4, 0.5) is 0 Å². The maximum Gasteiger partial charge on any atom is 0.243 e. The van der Waals surface area contributed by atoms with Crippen LogP contribution in [0.15, 0.2) is 48.9 Å². The number of rotatable bonds is 6. The Morgan fingerprint density at radius 2 is 1.87 bits per heavy atom. The molecule has 120 valence electrons. The molecular formula is C17H21N5O. The number of hydrogen-bond donors (Lipinski definition) is 1. The molecule has 23 heavy (non-hydrogen) atoms. The quantitative estimate of drug-likeness (QED) is 0.760. The lowest BCUT2D eigenvalue weighted by atomic mass is 10.0. The summed E-state index contributed by atoms with van der Waals surface area (Å²) in [7, 11) is 0. The predicted octanol–water partition coefficient (Wildman–Crippen LogP) is 2.43. The van der Waals surface area contributed by atoms with Crippen molar-refractivity contribution in [2.24, 2.45) is 5.92 Å². The SMILES string of the molecule is CC(C)CC(C(=O)NCc1nnc2ccccn12)n1cccc1. The molecule has 0 spiro atoms. The van der Waals surface area contributed by atoms with E-state index in [1.165, 1.54) is 0 Å². The summed E-state index contributed by atoms with van der Waals surface area (Å²) in [5, 5.41) is 11.2. The molecule has 3 heterocycles. The van der Waals surface area contributed by atoms with Gasteiger partial charge in [-0.05, 0) is 36.6 Å². The highest BCUT2D eigenvalue weighted by Crippen LogP contribution is 2.18. The molecule has 1 unspecified atom stereocenters. The van der Waals surface area contributed by atoms with Gasteiger partial charge in [0, 0.05) is 18.6 Å². The fourth-order valence-electron chi connectivity index (χ4n) is 2.66. The van der Waals surface area contributed by atoms with Crippen LogP contribution in [0.2, 0.25) is 0 Å². The Morgan fingerprint density at radius 3 is 2.61 bits per heavy atom. The number of amides is 1. The summed E-state index contributed by atoms with van der Waals surface area (Å²) >= 11 is 0. The molecule has 3 aromatic heterocycles. The van der Waals surface area contributed by atoms with Crippen molar-refractivity contribution in [2.75, 3.05) is 0 Å². The van der Waals surface area contributed by atoms with Gasteiger partial charge in [0.15, 0.2) is 11.5 Å². The number of carbonyl (C=O) groups excluding carboxylic acids is 1. The van der Waals surface area contributed by atoms with Crippen molar-refractivity contribution in [3.8, 4) is 0 Å². The van der Waals surface area contributed by atoms with Gasteiger partial charge in [-0.3, -0.25) is 9.20 Å². The molecule has 0 fully saturated rings. The van der Waals surface area contributed by atoms with Crippen molar-refractivity contribution in [1.82, 2.24) is 24.5 Å². The number of carbonyl (C=O) groups is 1. The lowest BCUT2D eigenvalue weighted by molar-refractivity contribution is -0.125. The standard InChI is InChI=1S/C17H21N5O/c1-13(2)11-14(21-8-5-6-9-21)17(23)18-12-16-20-19-15-7-3-4-10-22(15)16/h3-10,13-14H,11-12H2,1-2H3,(H,18,23). The van der Waals surface area contributed by atoms with Gasteiger partial charge in [0.25, 0.3) is 0 Å². The van der Waals surface area contributed by atoms with Crippen LogP contribution in [0.1, 0.15) is 32.1 Å². The first-order chi connectivity index (χ1) is 11.1. The van der Waals surface area contributed by atoms with Crippen LogP contribution >= 0.6 is 0 Å². The molecule has 3 rings (SSSR count). The molecule has 6 nitrogen and oxygen atoms in total. The Bertz CT molecular complexity index is 775. The lowest BCUT2D eigenvalue weighted by Crippen LogP contribution is -2.33. The van der Waals surface area contributed by atoms with Gasteiger partial charge in [0.2, 0.25) is 5.91 Å². The maximum absolute atomic E-state index is 12.6. The third-order valence-electron chi connectivity index (χ3n) is 3.79. The average Bonchev–Trinajstić information content (AvgIpc) is 3.20. The van der Waals surface area contributed by atoms with Crippen molar-refractivity contribution < 1.29 is 4.79 Å². The van der Waals surface area contributed by atoms with Gasteiger partial charge in [-0.2, -0.15) is 0 Å². The first-order valence-corrected chi connectivity index (χ1v) is 7.84. The van der Waals surface area contributed by atoms with Crippen LogP contribution in [-0.2, 0) is 11.3 Å². The molecule has 0 radical (unpaired) electrons. The van der Waals surface area contributed by atoms with Crippen molar-refractivity contribution in [2.45, 2.75) is 32.9 Å². The van der Waals surface area contributed by atoms with Gasteiger partial charge < -0.3 is 9.88 Å². The van der Waals surface area contributed by atoms with Gasteiger partial charge >= 0.3 is 0 Å².